The molecule has 0 saturated heterocycles. The number of rotatable bonds is 15. The van der Waals surface area contributed by atoms with Crippen LogP contribution < -0.4 is 4.74 Å². The van der Waals surface area contributed by atoms with Gasteiger partial charge in [-0.2, -0.15) is 0 Å². The lowest BCUT2D eigenvalue weighted by Gasteiger charge is -2.24. The van der Waals surface area contributed by atoms with Gasteiger partial charge < -0.3 is 14.9 Å². The number of benzene rings is 4. The lowest BCUT2D eigenvalue weighted by molar-refractivity contribution is -0.137. The Morgan fingerprint density at radius 2 is 1.32 bits per heavy atom. The van der Waals surface area contributed by atoms with Crippen molar-refractivity contribution in [2.24, 2.45) is 0 Å². The van der Waals surface area contributed by atoms with E-state index in [0.717, 1.165) is 40.0 Å². The molecule has 6 nitrogen and oxygen atoms in total. The van der Waals surface area contributed by atoms with Gasteiger partial charge in [-0.3, -0.25) is 9.69 Å². The molecule has 4 aromatic carbocycles. The summed E-state index contributed by atoms with van der Waals surface area (Å²) in [4.78, 5) is 24.4. The fourth-order valence-corrected chi connectivity index (χ4v) is 4.50. The molecule has 0 aromatic heterocycles. The molecule has 0 heterocycles. The number of aliphatic carboxylic acids is 1. The summed E-state index contributed by atoms with van der Waals surface area (Å²) in [5.74, 6) is -0.941. The van der Waals surface area contributed by atoms with Crippen LogP contribution in [0.1, 0.15) is 57.4 Å². The second-order valence-corrected chi connectivity index (χ2v) is 9.95. The highest BCUT2D eigenvalue weighted by Crippen LogP contribution is 2.23. The molecule has 2 N–H and O–H groups in total. The second kappa shape index (κ2) is 15.2. The molecule has 0 bridgehead atoms. The quantitative estimate of drug-likeness (QED) is 0.119. The Bertz CT molecular complexity index is 1430. The fraction of sp³-hybridized carbons (Fsp3) is 0.200. The number of aromatic carboxylic acids is 1. The normalized spacial score (nSPS) is 11.1. The Hall–Kier alpha value is -4.68. The molecule has 0 fully saturated rings. The zero-order chi connectivity index (χ0) is 28.9. The van der Waals surface area contributed by atoms with E-state index in [9.17, 15) is 14.7 Å². The van der Waals surface area contributed by atoms with Gasteiger partial charge in [0, 0.05) is 25.1 Å². The number of ether oxygens (including phenoxy) is 1. The van der Waals surface area contributed by atoms with Crippen LogP contribution in [0.5, 0.6) is 5.75 Å². The number of carbonyl (C=O) groups is 2. The van der Waals surface area contributed by atoms with Crippen LogP contribution in [0, 0.1) is 0 Å². The summed E-state index contributed by atoms with van der Waals surface area (Å²) in [7, 11) is 0. The SMILES string of the molecule is O=C(O)CCCCN(Cc1ccc(C(=O)O)cc1)Cc1ccccc1OCc1ccc(C=Cc2ccccc2)cc1. The Kier molecular flexibility index (Phi) is 10.9. The largest absolute Gasteiger partial charge is 0.489 e. The molecular formula is C35H35NO5. The van der Waals surface area contributed by atoms with Crippen molar-refractivity contribution in [1.82, 2.24) is 4.90 Å². The third-order valence-electron chi connectivity index (χ3n) is 6.73. The van der Waals surface area contributed by atoms with E-state index in [1.165, 1.54) is 0 Å². The van der Waals surface area contributed by atoms with Crippen LogP contribution in [0.4, 0.5) is 0 Å². The maximum Gasteiger partial charge on any atom is 0.335 e. The van der Waals surface area contributed by atoms with Gasteiger partial charge in [0.05, 0.1) is 5.56 Å². The summed E-state index contributed by atoms with van der Waals surface area (Å²) >= 11 is 0. The first-order valence-electron chi connectivity index (χ1n) is 13.8. The predicted molar refractivity (Wildman–Crippen MR) is 162 cm³/mol. The van der Waals surface area contributed by atoms with Crippen molar-refractivity contribution in [1.29, 1.82) is 0 Å². The highest BCUT2D eigenvalue weighted by atomic mass is 16.5. The highest BCUT2D eigenvalue weighted by Gasteiger charge is 2.12. The molecule has 41 heavy (non-hydrogen) atoms. The van der Waals surface area contributed by atoms with Gasteiger partial charge in [0.1, 0.15) is 12.4 Å². The number of carboxylic acids is 2. The van der Waals surface area contributed by atoms with Gasteiger partial charge in [0.25, 0.3) is 0 Å². The van der Waals surface area contributed by atoms with E-state index in [2.05, 4.69) is 53.5 Å². The van der Waals surface area contributed by atoms with E-state index in [1.54, 1.807) is 12.1 Å². The fourth-order valence-electron chi connectivity index (χ4n) is 4.50. The molecule has 0 spiro atoms. The van der Waals surface area contributed by atoms with E-state index >= 15 is 0 Å². The van der Waals surface area contributed by atoms with Crippen molar-refractivity contribution in [3.63, 3.8) is 0 Å². The standard InChI is InChI=1S/C35H35NO5/c37-34(38)12-6-7-23-36(24-29-19-21-31(22-20-29)35(39)40)25-32-10-4-5-11-33(32)41-26-30-17-15-28(16-18-30)14-13-27-8-2-1-3-9-27/h1-5,8-11,13-22H,6-7,12,23-26H2,(H,37,38)(H,39,40). The molecule has 0 aliphatic rings. The lowest BCUT2D eigenvalue weighted by Crippen LogP contribution is -2.24. The molecule has 6 heteroatoms. The highest BCUT2D eigenvalue weighted by molar-refractivity contribution is 5.87. The average molecular weight is 550 g/mol. The lowest BCUT2D eigenvalue weighted by atomic mass is 10.1. The molecule has 0 aliphatic carbocycles. The molecule has 0 aliphatic heterocycles. The maximum atomic E-state index is 11.2. The number of nitrogens with zero attached hydrogens (tertiary/aromatic N) is 1. The van der Waals surface area contributed by atoms with Gasteiger partial charge in [0.2, 0.25) is 0 Å². The number of carboxylic acid groups (broad SMARTS) is 2. The third-order valence-corrected chi connectivity index (χ3v) is 6.73. The van der Waals surface area contributed by atoms with Gasteiger partial charge in [0.15, 0.2) is 0 Å². The molecule has 0 saturated carbocycles. The third kappa shape index (κ3) is 9.78. The van der Waals surface area contributed by atoms with Crippen molar-refractivity contribution in [3.05, 3.63) is 137 Å². The zero-order valence-corrected chi connectivity index (χ0v) is 23.0. The minimum atomic E-state index is -0.952. The first-order valence-corrected chi connectivity index (χ1v) is 13.8. The number of para-hydroxylation sites is 1. The van der Waals surface area contributed by atoms with E-state index < -0.39 is 11.9 Å². The summed E-state index contributed by atoms with van der Waals surface area (Å²) in [6.07, 6.45) is 5.67. The Balaban J connectivity index is 1.40. The smallest absolute Gasteiger partial charge is 0.335 e. The van der Waals surface area contributed by atoms with Gasteiger partial charge in [-0.15, -0.1) is 0 Å². The number of hydrogen-bond acceptors (Lipinski definition) is 4. The topological polar surface area (TPSA) is 87.1 Å². The van der Waals surface area contributed by atoms with Crippen molar-refractivity contribution in [2.75, 3.05) is 6.54 Å². The van der Waals surface area contributed by atoms with Crippen molar-refractivity contribution in [2.45, 2.75) is 39.0 Å². The molecule has 210 valence electrons. The predicted octanol–water partition coefficient (Wildman–Crippen LogP) is 7.39. The van der Waals surface area contributed by atoms with Gasteiger partial charge in [-0.05, 0) is 59.8 Å². The van der Waals surface area contributed by atoms with Crippen LogP contribution >= 0.6 is 0 Å². The van der Waals surface area contributed by atoms with Crippen LogP contribution in [0.15, 0.2) is 103 Å². The minimum Gasteiger partial charge on any atom is -0.489 e. The minimum absolute atomic E-state index is 0.141. The summed E-state index contributed by atoms with van der Waals surface area (Å²) in [6, 6.07) is 33.3. The summed E-state index contributed by atoms with van der Waals surface area (Å²) in [5, 5.41) is 18.2. The van der Waals surface area contributed by atoms with Crippen LogP contribution in [-0.4, -0.2) is 33.6 Å². The van der Waals surface area contributed by atoms with Gasteiger partial charge in [-0.1, -0.05) is 97.1 Å². The summed E-state index contributed by atoms with van der Waals surface area (Å²) < 4.78 is 6.25. The van der Waals surface area contributed by atoms with Crippen LogP contribution in [0.3, 0.4) is 0 Å². The molecule has 0 unspecified atom stereocenters. The first-order chi connectivity index (χ1) is 20.0. The molecule has 0 amide bonds. The molecule has 0 atom stereocenters. The Morgan fingerprint density at radius 3 is 2.00 bits per heavy atom. The van der Waals surface area contributed by atoms with E-state index in [0.29, 0.717) is 32.7 Å². The summed E-state index contributed by atoms with van der Waals surface area (Å²) in [6.45, 7) is 2.38. The molecular weight excluding hydrogens is 514 g/mol. The summed E-state index contributed by atoms with van der Waals surface area (Å²) in [5.41, 5.74) is 5.63. The van der Waals surface area contributed by atoms with Gasteiger partial charge in [-0.25, -0.2) is 4.79 Å². The van der Waals surface area contributed by atoms with E-state index in [-0.39, 0.29) is 12.0 Å². The van der Waals surface area contributed by atoms with Crippen molar-refractivity contribution >= 4 is 24.1 Å². The van der Waals surface area contributed by atoms with Crippen LogP contribution in [0.2, 0.25) is 0 Å². The monoisotopic (exact) mass is 549 g/mol. The average Bonchev–Trinajstić information content (AvgIpc) is 2.99. The van der Waals surface area contributed by atoms with Gasteiger partial charge >= 0.3 is 11.9 Å². The maximum absolute atomic E-state index is 11.2. The molecule has 4 rings (SSSR count). The van der Waals surface area contributed by atoms with Crippen LogP contribution in [0.25, 0.3) is 12.2 Å². The molecule has 4 aromatic rings. The van der Waals surface area contributed by atoms with Crippen LogP contribution in [-0.2, 0) is 24.5 Å². The number of unbranched alkanes of at least 4 members (excludes halogenated alkanes) is 1. The van der Waals surface area contributed by atoms with Crippen molar-refractivity contribution in [3.8, 4) is 5.75 Å². The second-order valence-electron chi connectivity index (χ2n) is 9.95. The zero-order valence-electron chi connectivity index (χ0n) is 23.0. The first kappa shape index (κ1) is 29.3. The van der Waals surface area contributed by atoms with E-state index in [4.69, 9.17) is 9.84 Å². The van der Waals surface area contributed by atoms with Crippen molar-refractivity contribution < 1.29 is 24.5 Å². The van der Waals surface area contributed by atoms with E-state index in [1.807, 2.05) is 54.6 Å². The Labute approximate surface area is 241 Å². The molecule has 0 radical (unpaired) electrons. The number of hydrogen-bond donors (Lipinski definition) is 2. The Morgan fingerprint density at radius 1 is 0.683 bits per heavy atom.